The Morgan fingerprint density at radius 1 is 0.879 bits per heavy atom. The van der Waals surface area contributed by atoms with Gasteiger partial charge in [-0.15, -0.1) is 0 Å². The molecular formula is C26H18Cl2N2O3. The van der Waals surface area contributed by atoms with Crippen LogP contribution in [0.1, 0.15) is 31.8 Å². The summed E-state index contributed by atoms with van der Waals surface area (Å²) in [6.07, 6.45) is 1.45. The minimum Gasteiger partial charge on any atom is -0.422 e. The van der Waals surface area contributed by atoms with E-state index < -0.39 is 11.9 Å². The van der Waals surface area contributed by atoms with E-state index in [1.54, 1.807) is 24.3 Å². The number of amides is 1. The lowest BCUT2D eigenvalue weighted by Gasteiger charge is -2.11. The highest BCUT2D eigenvalue weighted by molar-refractivity contribution is 6.42. The van der Waals surface area contributed by atoms with Gasteiger partial charge in [-0.25, -0.2) is 10.2 Å². The number of ether oxygens (including phenoxy) is 1. The van der Waals surface area contributed by atoms with Gasteiger partial charge in [-0.3, -0.25) is 4.79 Å². The van der Waals surface area contributed by atoms with Crippen molar-refractivity contribution < 1.29 is 14.3 Å². The molecule has 0 spiro atoms. The van der Waals surface area contributed by atoms with Gasteiger partial charge in [-0.05, 0) is 54.1 Å². The molecule has 33 heavy (non-hydrogen) atoms. The number of fused-ring (bicyclic) bond motifs is 1. The summed E-state index contributed by atoms with van der Waals surface area (Å²) in [5.41, 5.74) is 4.81. The third-order valence-electron chi connectivity index (χ3n) is 4.96. The van der Waals surface area contributed by atoms with Crippen LogP contribution < -0.4 is 10.2 Å². The molecule has 7 heteroatoms. The first-order chi connectivity index (χ1) is 15.9. The van der Waals surface area contributed by atoms with Crippen molar-refractivity contribution in [2.24, 2.45) is 5.10 Å². The maximum absolute atomic E-state index is 12.7. The Hall–Kier alpha value is -3.67. The number of nitrogens with one attached hydrogen (secondary N) is 1. The predicted octanol–water partition coefficient (Wildman–Crippen LogP) is 6.44. The second kappa shape index (κ2) is 9.86. The molecule has 0 saturated carbocycles. The van der Waals surface area contributed by atoms with Crippen molar-refractivity contribution in [2.45, 2.75) is 6.92 Å². The topological polar surface area (TPSA) is 67.8 Å². The molecule has 1 N–H and O–H groups in total. The van der Waals surface area contributed by atoms with E-state index in [2.05, 4.69) is 10.5 Å². The number of hydrogen-bond donors (Lipinski definition) is 1. The summed E-state index contributed by atoms with van der Waals surface area (Å²) >= 11 is 11.9. The van der Waals surface area contributed by atoms with Crippen LogP contribution in [-0.4, -0.2) is 18.1 Å². The summed E-state index contributed by atoms with van der Waals surface area (Å²) in [6.45, 7) is 1.94. The quantitative estimate of drug-likeness (QED) is 0.156. The van der Waals surface area contributed by atoms with Crippen LogP contribution in [-0.2, 0) is 0 Å². The maximum atomic E-state index is 12.7. The largest absolute Gasteiger partial charge is 0.422 e. The van der Waals surface area contributed by atoms with Crippen LogP contribution >= 0.6 is 23.2 Å². The van der Waals surface area contributed by atoms with E-state index in [0.717, 1.165) is 16.3 Å². The molecule has 0 aliphatic rings. The zero-order valence-electron chi connectivity index (χ0n) is 17.5. The first kappa shape index (κ1) is 22.5. The SMILES string of the molecule is Cc1ccc(C(=O)Oc2ccc3ccccc3c2/C=N/NC(=O)c2ccc(Cl)c(Cl)c2)cc1. The monoisotopic (exact) mass is 476 g/mol. The molecule has 5 nitrogen and oxygen atoms in total. The predicted molar refractivity (Wildman–Crippen MR) is 132 cm³/mol. The summed E-state index contributed by atoms with van der Waals surface area (Å²) in [5.74, 6) is -0.616. The molecule has 0 unspecified atom stereocenters. The second-order valence-corrected chi connectivity index (χ2v) is 8.10. The fourth-order valence-electron chi connectivity index (χ4n) is 3.20. The molecule has 1 amide bonds. The number of hydrazone groups is 1. The molecular weight excluding hydrogens is 459 g/mol. The van der Waals surface area contributed by atoms with Crippen LogP contribution in [0.2, 0.25) is 10.0 Å². The van der Waals surface area contributed by atoms with Crippen molar-refractivity contribution in [1.29, 1.82) is 0 Å². The molecule has 164 valence electrons. The van der Waals surface area contributed by atoms with Gasteiger partial charge in [0, 0.05) is 11.1 Å². The standard InChI is InChI=1S/C26H18Cl2N2O3/c1-16-6-8-18(9-7-16)26(32)33-24-13-11-17-4-2-3-5-20(17)21(24)15-29-30-25(31)19-10-12-22(27)23(28)14-19/h2-15H,1H3,(H,30,31)/b29-15+. The van der Waals surface area contributed by atoms with Gasteiger partial charge in [-0.1, -0.05) is 71.2 Å². The van der Waals surface area contributed by atoms with Crippen molar-refractivity contribution in [3.63, 3.8) is 0 Å². The normalized spacial score (nSPS) is 11.0. The van der Waals surface area contributed by atoms with Crippen LogP contribution in [0.15, 0.2) is 84.0 Å². The van der Waals surface area contributed by atoms with Crippen LogP contribution in [0.4, 0.5) is 0 Å². The highest BCUT2D eigenvalue weighted by Gasteiger charge is 2.14. The number of esters is 1. The third-order valence-corrected chi connectivity index (χ3v) is 5.70. The number of carbonyl (C=O) groups excluding carboxylic acids is 2. The molecule has 0 aromatic heterocycles. The molecule has 4 aromatic carbocycles. The lowest BCUT2D eigenvalue weighted by atomic mass is 10.0. The van der Waals surface area contributed by atoms with E-state index in [4.69, 9.17) is 27.9 Å². The van der Waals surface area contributed by atoms with Crippen LogP contribution in [0.25, 0.3) is 10.8 Å². The van der Waals surface area contributed by atoms with Crippen LogP contribution in [0.3, 0.4) is 0 Å². The Balaban J connectivity index is 1.62. The molecule has 0 saturated heterocycles. The minimum atomic E-state index is -0.486. The number of hydrogen-bond acceptors (Lipinski definition) is 4. The number of benzene rings is 4. The van der Waals surface area contributed by atoms with E-state index in [0.29, 0.717) is 27.5 Å². The second-order valence-electron chi connectivity index (χ2n) is 7.28. The van der Waals surface area contributed by atoms with Gasteiger partial charge >= 0.3 is 5.97 Å². The van der Waals surface area contributed by atoms with Crippen LogP contribution in [0.5, 0.6) is 5.75 Å². The number of carbonyl (C=O) groups is 2. The number of halogens is 2. The maximum Gasteiger partial charge on any atom is 0.343 e. The summed E-state index contributed by atoms with van der Waals surface area (Å²) in [5, 5.41) is 6.46. The first-order valence-electron chi connectivity index (χ1n) is 10.0. The van der Waals surface area contributed by atoms with Gasteiger partial charge < -0.3 is 4.74 Å². The van der Waals surface area contributed by atoms with E-state index in [9.17, 15) is 9.59 Å². The third kappa shape index (κ3) is 5.22. The van der Waals surface area contributed by atoms with Crippen molar-refractivity contribution in [2.75, 3.05) is 0 Å². The lowest BCUT2D eigenvalue weighted by Crippen LogP contribution is -2.17. The Bertz CT molecular complexity index is 1380. The van der Waals surface area contributed by atoms with Gasteiger partial charge in [0.1, 0.15) is 5.75 Å². The molecule has 4 rings (SSSR count). The zero-order chi connectivity index (χ0) is 23.4. The van der Waals surface area contributed by atoms with Crippen LogP contribution in [0, 0.1) is 6.92 Å². The van der Waals surface area contributed by atoms with Crippen molar-refractivity contribution >= 4 is 52.1 Å². The zero-order valence-corrected chi connectivity index (χ0v) is 19.0. The average molecular weight is 477 g/mol. The van der Waals surface area contributed by atoms with E-state index >= 15 is 0 Å². The number of nitrogens with zero attached hydrogens (tertiary/aromatic N) is 1. The summed E-state index contributed by atoms with van der Waals surface area (Å²) in [7, 11) is 0. The van der Waals surface area contributed by atoms with E-state index in [1.165, 1.54) is 18.3 Å². The van der Waals surface area contributed by atoms with Gasteiger partial charge in [0.15, 0.2) is 0 Å². The average Bonchev–Trinajstić information content (AvgIpc) is 2.82. The molecule has 0 fully saturated rings. The fraction of sp³-hybridized carbons (Fsp3) is 0.0385. The van der Waals surface area contributed by atoms with Gasteiger partial charge in [-0.2, -0.15) is 5.10 Å². The van der Waals surface area contributed by atoms with Crippen molar-refractivity contribution in [1.82, 2.24) is 5.43 Å². The Morgan fingerprint density at radius 3 is 2.36 bits per heavy atom. The fourth-order valence-corrected chi connectivity index (χ4v) is 3.50. The Morgan fingerprint density at radius 2 is 1.61 bits per heavy atom. The first-order valence-corrected chi connectivity index (χ1v) is 10.8. The highest BCUT2D eigenvalue weighted by Crippen LogP contribution is 2.27. The summed E-state index contributed by atoms with van der Waals surface area (Å²) in [6, 6.07) is 22.8. The molecule has 0 radical (unpaired) electrons. The smallest absolute Gasteiger partial charge is 0.343 e. The van der Waals surface area contributed by atoms with Gasteiger partial charge in [0.05, 0.1) is 21.8 Å². The molecule has 0 aliphatic carbocycles. The van der Waals surface area contributed by atoms with E-state index in [1.807, 2.05) is 49.4 Å². The molecule has 0 bridgehead atoms. The molecule has 0 atom stereocenters. The van der Waals surface area contributed by atoms with E-state index in [-0.39, 0.29) is 5.02 Å². The summed E-state index contributed by atoms with van der Waals surface area (Å²) in [4.78, 5) is 25.1. The number of rotatable bonds is 5. The van der Waals surface area contributed by atoms with Crippen molar-refractivity contribution in [3.05, 3.63) is 111 Å². The number of aryl methyl sites for hydroxylation is 1. The Labute approximate surface area is 200 Å². The van der Waals surface area contributed by atoms with Crippen molar-refractivity contribution in [3.8, 4) is 5.75 Å². The molecule has 0 heterocycles. The highest BCUT2D eigenvalue weighted by atomic mass is 35.5. The minimum absolute atomic E-state index is 0.271. The lowest BCUT2D eigenvalue weighted by molar-refractivity contribution is 0.0734. The molecule has 4 aromatic rings. The Kier molecular flexibility index (Phi) is 6.73. The van der Waals surface area contributed by atoms with Gasteiger partial charge in [0.2, 0.25) is 0 Å². The molecule has 0 aliphatic heterocycles. The van der Waals surface area contributed by atoms with Gasteiger partial charge in [0.25, 0.3) is 5.91 Å². The summed E-state index contributed by atoms with van der Waals surface area (Å²) < 4.78 is 5.68.